The summed E-state index contributed by atoms with van der Waals surface area (Å²) in [6.45, 7) is 3.99. The number of carbonyl (C=O) groups is 3. The lowest BCUT2D eigenvalue weighted by Gasteiger charge is -2.20. The van der Waals surface area contributed by atoms with Gasteiger partial charge in [-0.2, -0.15) is 0 Å². The lowest BCUT2D eigenvalue weighted by atomic mass is 10.0. The number of carbonyl (C=O) groups excluding carboxylic acids is 3. The van der Waals surface area contributed by atoms with Crippen molar-refractivity contribution in [3.05, 3.63) is 102 Å². The fraction of sp³-hybridized carbons (Fsp3) is 0.222. The lowest BCUT2D eigenvalue weighted by Crippen LogP contribution is -2.45. The van der Waals surface area contributed by atoms with Crippen molar-refractivity contribution in [3.63, 3.8) is 0 Å². The molecule has 0 fully saturated rings. The number of esters is 1. The molecular formula is C27H28N2O5. The largest absolute Gasteiger partial charge is 0.465 e. The van der Waals surface area contributed by atoms with E-state index in [-0.39, 0.29) is 18.2 Å². The number of amides is 2. The van der Waals surface area contributed by atoms with Gasteiger partial charge in [-0.1, -0.05) is 62.4 Å². The van der Waals surface area contributed by atoms with Crippen LogP contribution in [-0.2, 0) is 20.9 Å². The third-order valence-corrected chi connectivity index (χ3v) is 4.88. The van der Waals surface area contributed by atoms with Crippen LogP contribution in [0.3, 0.4) is 0 Å². The van der Waals surface area contributed by atoms with Crippen molar-refractivity contribution in [2.45, 2.75) is 32.9 Å². The van der Waals surface area contributed by atoms with Gasteiger partial charge in [0, 0.05) is 11.6 Å². The number of hydrogen-bond donors (Lipinski definition) is 2. The van der Waals surface area contributed by atoms with Crippen LogP contribution in [-0.4, -0.2) is 23.8 Å². The van der Waals surface area contributed by atoms with E-state index in [4.69, 9.17) is 9.15 Å². The normalized spacial score (nSPS) is 12.1. The highest BCUT2D eigenvalue weighted by Gasteiger charge is 2.26. The molecule has 1 heterocycles. The highest BCUT2D eigenvalue weighted by atomic mass is 16.5. The number of benzene rings is 2. The Bertz CT molecular complexity index is 1110. The van der Waals surface area contributed by atoms with E-state index in [0.29, 0.717) is 17.7 Å². The second-order valence-corrected chi connectivity index (χ2v) is 8.14. The third-order valence-electron chi connectivity index (χ3n) is 4.88. The maximum absolute atomic E-state index is 13.2. The Hall–Kier alpha value is -4.13. The zero-order valence-electron chi connectivity index (χ0n) is 19.2. The van der Waals surface area contributed by atoms with Gasteiger partial charge in [-0.3, -0.25) is 9.59 Å². The summed E-state index contributed by atoms with van der Waals surface area (Å²) in [7, 11) is 0. The molecule has 0 saturated heterocycles. The summed E-state index contributed by atoms with van der Waals surface area (Å²) < 4.78 is 10.8. The van der Waals surface area contributed by atoms with Crippen LogP contribution in [0.25, 0.3) is 6.08 Å². The molecule has 1 unspecified atom stereocenters. The highest BCUT2D eigenvalue weighted by molar-refractivity contribution is 6.06. The first-order valence-corrected chi connectivity index (χ1v) is 11.1. The minimum Gasteiger partial charge on any atom is -0.465 e. The number of hydrogen-bond acceptors (Lipinski definition) is 5. The first-order chi connectivity index (χ1) is 16.4. The van der Waals surface area contributed by atoms with Crippen molar-refractivity contribution in [3.8, 4) is 0 Å². The topological polar surface area (TPSA) is 97.6 Å². The molecule has 0 aliphatic heterocycles. The maximum Gasteiger partial charge on any atom is 0.328 e. The summed E-state index contributed by atoms with van der Waals surface area (Å²) in [4.78, 5) is 38.7. The maximum atomic E-state index is 13.2. The average Bonchev–Trinajstić information content (AvgIpc) is 3.35. The standard InChI is InChI=1S/C27H28N2O5/c1-19(2)16-24(27(32)34-18-20-10-5-3-6-11-20)29-26(31)23(17-22-14-9-15-33-22)28-25(30)21-12-7-4-8-13-21/h3-15,17,19,24H,16,18H2,1-2H3,(H,28,30)(H,29,31)/b23-17-. The van der Waals surface area contributed by atoms with E-state index in [1.54, 1.807) is 42.5 Å². The quantitative estimate of drug-likeness (QED) is 0.347. The Kier molecular flexibility index (Phi) is 8.80. The van der Waals surface area contributed by atoms with Gasteiger partial charge >= 0.3 is 5.97 Å². The molecule has 7 nitrogen and oxygen atoms in total. The van der Waals surface area contributed by atoms with E-state index >= 15 is 0 Å². The highest BCUT2D eigenvalue weighted by Crippen LogP contribution is 2.12. The van der Waals surface area contributed by atoms with Gasteiger partial charge in [-0.25, -0.2) is 4.79 Å². The van der Waals surface area contributed by atoms with Crippen LogP contribution >= 0.6 is 0 Å². The van der Waals surface area contributed by atoms with Crippen molar-refractivity contribution in [1.29, 1.82) is 0 Å². The molecule has 34 heavy (non-hydrogen) atoms. The number of rotatable bonds is 10. The SMILES string of the molecule is CC(C)CC(NC(=O)/C(=C/c1ccco1)NC(=O)c1ccccc1)C(=O)OCc1ccccc1. The second kappa shape index (κ2) is 12.2. The summed E-state index contributed by atoms with van der Waals surface area (Å²) in [5.74, 6) is -1.13. The molecule has 0 radical (unpaired) electrons. The van der Waals surface area contributed by atoms with E-state index in [9.17, 15) is 14.4 Å². The monoisotopic (exact) mass is 460 g/mol. The molecule has 1 aromatic heterocycles. The zero-order chi connectivity index (χ0) is 24.3. The summed E-state index contributed by atoms with van der Waals surface area (Å²) in [6.07, 6.45) is 3.25. The van der Waals surface area contributed by atoms with Crippen molar-refractivity contribution < 1.29 is 23.5 Å². The Balaban J connectivity index is 1.75. The lowest BCUT2D eigenvalue weighted by molar-refractivity contribution is -0.149. The fourth-order valence-corrected chi connectivity index (χ4v) is 3.21. The van der Waals surface area contributed by atoms with Crippen LogP contribution in [0.2, 0.25) is 0 Å². The predicted octanol–water partition coefficient (Wildman–Crippen LogP) is 4.32. The fourth-order valence-electron chi connectivity index (χ4n) is 3.21. The van der Waals surface area contributed by atoms with Crippen LogP contribution in [0.4, 0.5) is 0 Å². The van der Waals surface area contributed by atoms with Crippen molar-refractivity contribution >= 4 is 23.9 Å². The Morgan fingerprint density at radius 2 is 1.62 bits per heavy atom. The van der Waals surface area contributed by atoms with E-state index in [1.807, 2.05) is 44.2 Å². The number of furan rings is 1. The number of ether oxygens (including phenoxy) is 1. The minimum atomic E-state index is -0.884. The third kappa shape index (κ3) is 7.48. The van der Waals surface area contributed by atoms with E-state index < -0.39 is 23.8 Å². The van der Waals surface area contributed by atoms with Gasteiger partial charge in [0.15, 0.2) is 0 Å². The summed E-state index contributed by atoms with van der Waals surface area (Å²) in [6, 6.07) is 20.3. The zero-order valence-corrected chi connectivity index (χ0v) is 19.2. The smallest absolute Gasteiger partial charge is 0.328 e. The van der Waals surface area contributed by atoms with Gasteiger partial charge in [0.05, 0.1) is 6.26 Å². The van der Waals surface area contributed by atoms with E-state index in [0.717, 1.165) is 5.56 Å². The van der Waals surface area contributed by atoms with E-state index in [2.05, 4.69) is 10.6 Å². The molecular weight excluding hydrogens is 432 g/mol. The molecule has 0 aliphatic rings. The molecule has 2 N–H and O–H groups in total. The van der Waals surface area contributed by atoms with Gasteiger partial charge in [-0.15, -0.1) is 0 Å². The van der Waals surface area contributed by atoms with Crippen LogP contribution in [0.1, 0.15) is 41.9 Å². The Morgan fingerprint density at radius 1 is 0.941 bits per heavy atom. The molecule has 7 heteroatoms. The minimum absolute atomic E-state index is 0.0478. The summed E-state index contributed by atoms with van der Waals surface area (Å²) >= 11 is 0. The second-order valence-electron chi connectivity index (χ2n) is 8.14. The van der Waals surface area contributed by atoms with Gasteiger partial charge in [0.2, 0.25) is 0 Å². The summed E-state index contributed by atoms with van der Waals surface area (Å²) in [5, 5.41) is 5.34. The molecule has 0 saturated carbocycles. The molecule has 0 aliphatic carbocycles. The predicted molar refractivity (Wildman–Crippen MR) is 128 cm³/mol. The molecule has 2 aromatic carbocycles. The van der Waals surface area contributed by atoms with Gasteiger partial charge < -0.3 is 19.8 Å². The molecule has 3 rings (SSSR count). The molecule has 176 valence electrons. The van der Waals surface area contributed by atoms with Gasteiger partial charge in [-0.05, 0) is 42.2 Å². The molecule has 0 spiro atoms. The van der Waals surface area contributed by atoms with Crippen LogP contribution in [0.5, 0.6) is 0 Å². The van der Waals surface area contributed by atoms with Crippen molar-refractivity contribution in [2.75, 3.05) is 0 Å². The first-order valence-electron chi connectivity index (χ1n) is 11.1. The Labute approximate surface area is 198 Å². The van der Waals surface area contributed by atoms with Gasteiger partial charge in [0.1, 0.15) is 24.1 Å². The first kappa shape index (κ1) is 24.5. The number of nitrogens with one attached hydrogen (secondary N) is 2. The van der Waals surface area contributed by atoms with E-state index in [1.165, 1.54) is 12.3 Å². The molecule has 3 aromatic rings. The van der Waals surface area contributed by atoms with Crippen LogP contribution in [0.15, 0.2) is 89.2 Å². The Morgan fingerprint density at radius 3 is 2.24 bits per heavy atom. The molecule has 1 atom stereocenters. The van der Waals surface area contributed by atoms with Gasteiger partial charge in [0.25, 0.3) is 11.8 Å². The summed E-state index contributed by atoms with van der Waals surface area (Å²) in [5.41, 5.74) is 1.19. The van der Waals surface area contributed by atoms with Crippen molar-refractivity contribution in [2.24, 2.45) is 5.92 Å². The average molecular weight is 461 g/mol. The molecule has 2 amide bonds. The van der Waals surface area contributed by atoms with Crippen LogP contribution in [0, 0.1) is 5.92 Å². The molecule has 0 bridgehead atoms. The van der Waals surface area contributed by atoms with Crippen molar-refractivity contribution in [1.82, 2.24) is 10.6 Å². The van der Waals surface area contributed by atoms with Crippen LogP contribution < -0.4 is 10.6 Å².